The number of aryl methyl sites for hydroxylation is 3. The zero-order chi connectivity index (χ0) is 18.0. The zero-order valence-electron chi connectivity index (χ0n) is 15.2. The number of nitrogens with one attached hydrogen (secondary N) is 2. The normalized spacial score (nSPS) is 12.0. The van der Waals surface area contributed by atoms with Crippen LogP contribution in [0.1, 0.15) is 23.6 Å². The van der Waals surface area contributed by atoms with Crippen molar-refractivity contribution in [3.8, 4) is 0 Å². The standard InChI is InChI=1S/C22H24N2O/c1-14-12-15(2)21(16(3)13-14)24-22(25)17(4)23-20-11-7-9-18-8-5-6-10-19(18)20/h5-13,17,23H,1-4H3,(H,24,25)/t17-/m1/s1. The second-order valence-electron chi connectivity index (χ2n) is 6.66. The minimum absolute atomic E-state index is 0.0389. The fourth-order valence-corrected chi connectivity index (χ4v) is 3.26. The molecule has 0 unspecified atom stereocenters. The highest BCUT2D eigenvalue weighted by atomic mass is 16.2. The molecule has 0 bridgehead atoms. The third kappa shape index (κ3) is 3.66. The smallest absolute Gasteiger partial charge is 0.246 e. The van der Waals surface area contributed by atoms with Crippen LogP contribution in [0.5, 0.6) is 0 Å². The quantitative estimate of drug-likeness (QED) is 0.689. The predicted molar refractivity (Wildman–Crippen MR) is 106 cm³/mol. The summed E-state index contributed by atoms with van der Waals surface area (Å²) in [5, 5.41) is 8.69. The van der Waals surface area contributed by atoms with E-state index in [2.05, 4.69) is 47.9 Å². The number of rotatable bonds is 4. The van der Waals surface area contributed by atoms with Crippen LogP contribution in [0.15, 0.2) is 54.6 Å². The largest absolute Gasteiger partial charge is 0.373 e. The van der Waals surface area contributed by atoms with E-state index in [0.717, 1.165) is 33.3 Å². The Morgan fingerprint density at radius 2 is 1.56 bits per heavy atom. The van der Waals surface area contributed by atoms with Crippen molar-refractivity contribution >= 4 is 28.1 Å². The molecule has 0 aromatic heterocycles. The molecule has 2 N–H and O–H groups in total. The maximum Gasteiger partial charge on any atom is 0.246 e. The fraction of sp³-hybridized carbons (Fsp3) is 0.227. The van der Waals surface area contributed by atoms with Gasteiger partial charge in [-0.05, 0) is 50.3 Å². The summed E-state index contributed by atoms with van der Waals surface area (Å²) in [4.78, 5) is 12.7. The summed E-state index contributed by atoms with van der Waals surface area (Å²) in [5.41, 5.74) is 5.25. The average molecular weight is 332 g/mol. The van der Waals surface area contributed by atoms with Crippen LogP contribution in [-0.2, 0) is 4.79 Å². The molecule has 0 radical (unpaired) electrons. The fourth-order valence-electron chi connectivity index (χ4n) is 3.26. The first kappa shape index (κ1) is 17.0. The lowest BCUT2D eigenvalue weighted by atomic mass is 10.0. The maximum atomic E-state index is 12.7. The summed E-state index contributed by atoms with van der Waals surface area (Å²) in [5.74, 6) is -0.0389. The third-order valence-electron chi connectivity index (χ3n) is 4.48. The zero-order valence-corrected chi connectivity index (χ0v) is 15.2. The molecule has 0 saturated carbocycles. The number of carbonyl (C=O) groups excluding carboxylic acids is 1. The lowest BCUT2D eigenvalue weighted by Gasteiger charge is -2.19. The van der Waals surface area contributed by atoms with Gasteiger partial charge in [-0.15, -0.1) is 0 Å². The molecule has 0 heterocycles. The molecule has 0 saturated heterocycles. The Hall–Kier alpha value is -2.81. The van der Waals surface area contributed by atoms with Gasteiger partial charge in [0, 0.05) is 16.8 Å². The molecule has 3 heteroatoms. The topological polar surface area (TPSA) is 41.1 Å². The van der Waals surface area contributed by atoms with Crippen molar-refractivity contribution in [2.75, 3.05) is 10.6 Å². The van der Waals surface area contributed by atoms with Crippen molar-refractivity contribution in [2.24, 2.45) is 0 Å². The van der Waals surface area contributed by atoms with E-state index in [0.29, 0.717) is 0 Å². The number of amides is 1. The van der Waals surface area contributed by atoms with E-state index >= 15 is 0 Å². The van der Waals surface area contributed by atoms with Gasteiger partial charge in [-0.2, -0.15) is 0 Å². The number of benzene rings is 3. The van der Waals surface area contributed by atoms with Crippen LogP contribution in [0.2, 0.25) is 0 Å². The van der Waals surface area contributed by atoms with Crippen molar-refractivity contribution in [3.63, 3.8) is 0 Å². The molecule has 3 rings (SSSR count). The van der Waals surface area contributed by atoms with E-state index in [-0.39, 0.29) is 11.9 Å². The van der Waals surface area contributed by atoms with Gasteiger partial charge in [0.1, 0.15) is 6.04 Å². The number of hydrogen-bond acceptors (Lipinski definition) is 2. The predicted octanol–water partition coefficient (Wildman–Crippen LogP) is 5.20. The van der Waals surface area contributed by atoms with Crippen molar-refractivity contribution in [2.45, 2.75) is 33.7 Å². The summed E-state index contributed by atoms with van der Waals surface area (Å²) in [7, 11) is 0. The number of hydrogen-bond donors (Lipinski definition) is 2. The van der Waals surface area contributed by atoms with Gasteiger partial charge in [0.05, 0.1) is 0 Å². The maximum absolute atomic E-state index is 12.7. The Morgan fingerprint density at radius 3 is 2.28 bits per heavy atom. The lowest BCUT2D eigenvalue weighted by molar-refractivity contribution is -0.116. The molecular formula is C22H24N2O. The van der Waals surface area contributed by atoms with E-state index in [1.54, 1.807) is 0 Å². The van der Waals surface area contributed by atoms with Crippen LogP contribution in [0.4, 0.5) is 11.4 Å². The van der Waals surface area contributed by atoms with Gasteiger partial charge < -0.3 is 10.6 Å². The van der Waals surface area contributed by atoms with Gasteiger partial charge in [0.25, 0.3) is 0 Å². The monoisotopic (exact) mass is 332 g/mol. The molecule has 128 valence electrons. The van der Waals surface area contributed by atoms with E-state index in [4.69, 9.17) is 0 Å². The molecule has 0 spiro atoms. The molecule has 3 aromatic carbocycles. The van der Waals surface area contributed by atoms with Crippen molar-refractivity contribution in [1.29, 1.82) is 0 Å². The molecule has 0 aliphatic carbocycles. The summed E-state index contributed by atoms with van der Waals surface area (Å²) in [6.07, 6.45) is 0. The van der Waals surface area contributed by atoms with Gasteiger partial charge in [0.2, 0.25) is 5.91 Å². The van der Waals surface area contributed by atoms with E-state index in [9.17, 15) is 4.79 Å². The molecule has 0 aliphatic heterocycles. The minimum Gasteiger partial charge on any atom is -0.373 e. The highest BCUT2D eigenvalue weighted by Gasteiger charge is 2.16. The SMILES string of the molecule is Cc1cc(C)c(NC(=O)[C@@H](C)Nc2cccc3ccccc23)c(C)c1. The van der Waals surface area contributed by atoms with Gasteiger partial charge in [-0.1, -0.05) is 54.1 Å². The lowest BCUT2D eigenvalue weighted by Crippen LogP contribution is -2.32. The van der Waals surface area contributed by atoms with Crippen LogP contribution < -0.4 is 10.6 Å². The molecular weight excluding hydrogens is 308 g/mol. The molecule has 1 amide bonds. The van der Waals surface area contributed by atoms with Crippen molar-refractivity contribution < 1.29 is 4.79 Å². The van der Waals surface area contributed by atoms with E-state index in [1.165, 1.54) is 5.56 Å². The second kappa shape index (κ2) is 6.98. The molecule has 0 fully saturated rings. The van der Waals surface area contributed by atoms with Crippen LogP contribution in [-0.4, -0.2) is 11.9 Å². The second-order valence-corrected chi connectivity index (χ2v) is 6.66. The van der Waals surface area contributed by atoms with Gasteiger partial charge in [0.15, 0.2) is 0 Å². The van der Waals surface area contributed by atoms with Gasteiger partial charge in [-0.25, -0.2) is 0 Å². The van der Waals surface area contributed by atoms with E-state index < -0.39 is 0 Å². The molecule has 25 heavy (non-hydrogen) atoms. The molecule has 3 nitrogen and oxygen atoms in total. The Labute approximate surface area is 149 Å². The van der Waals surface area contributed by atoms with E-state index in [1.807, 2.05) is 45.0 Å². The first-order chi connectivity index (χ1) is 12.0. The van der Waals surface area contributed by atoms with Crippen molar-refractivity contribution in [3.05, 3.63) is 71.3 Å². The number of anilines is 2. The summed E-state index contributed by atoms with van der Waals surface area (Å²) in [6.45, 7) is 8.00. The van der Waals surface area contributed by atoms with Crippen LogP contribution in [0, 0.1) is 20.8 Å². The molecule has 1 atom stereocenters. The first-order valence-corrected chi connectivity index (χ1v) is 8.58. The number of carbonyl (C=O) groups is 1. The first-order valence-electron chi connectivity index (χ1n) is 8.58. The number of fused-ring (bicyclic) bond motifs is 1. The Kier molecular flexibility index (Phi) is 4.75. The highest BCUT2D eigenvalue weighted by Crippen LogP contribution is 2.25. The van der Waals surface area contributed by atoms with Crippen LogP contribution >= 0.6 is 0 Å². The highest BCUT2D eigenvalue weighted by molar-refractivity contribution is 6.00. The Bertz CT molecular complexity index is 902. The Morgan fingerprint density at radius 1 is 0.920 bits per heavy atom. The van der Waals surface area contributed by atoms with Gasteiger partial charge in [-0.3, -0.25) is 4.79 Å². The summed E-state index contributed by atoms with van der Waals surface area (Å²) in [6, 6.07) is 18.1. The minimum atomic E-state index is -0.342. The van der Waals surface area contributed by atoms with Crippen molar-refractivity contribution in [1.82, 2.24) is 0 Å². The third-order valence-corrected chi connectivity index (χ3v) is 4.48. The summed E-state index contributed by atoms with van der Waals surface area (Å²) >= 11 is 0. The van der Waals surface area contributed by atoms with Crippen LogP contribution in [0.25, 0.3) is 10.8 Å². The molecule has 3 aromatic rings. The average Bonchev–Trinajstić information content (AvgIpc) is 2.58. The summed E-state index contributed by atoms with van der Waals surface area (Å²) < 4.78 is 0. The van der Waals surface area contributed by atoms with Crippen LogP contribution in [0.3, 0.4) is 0 Å². The van der Waals surface area contributed by atoms with Gasteiger partial charge >= 0.3 is 0 Å². The Balaban J connectivity index is 1.79. The molecule has 0 aliphatic rings.